The van der Waals surface area contributed by atoms with Gasteiger partial charge in [0.2, 0.25) is 0 Å². The van der Waals surface area contributed by atoms with E-state index >= 15 is 0 Å². The first-order valence-corrected chi connectivity index (χ1v) is 14.1. The van der Waals surface area contributed by atoms with Crippen LogP contribution in [0.25, 0.3) is 0 Å². The number of carbonyl (C=O) groups is 2. The molecule has 0 bridgehead atoms. The molecule has 4 rings (SSSR count). The van der Waals surface area contributed by atoms with Crippen molar-refractivity contribution in [1.29, 1.82) is 0 Å². The van der Waals surface area contributed by atoms with Crippen LogP contribution in [0.5, 0.6) is 0 Å². The Kier molecular flexibility index (Phi) is 6.81. The van der Waals surface area contributed by atoms with Crippen molar-refractivity contribution in [2.75, 3.05) is 0 Å². The average molecular weight is 497 g/mol. The molecule has 0 aromatic heterocycles. The minimum atomic E-state index is -0.782. The highest BCUT2D eigenvalue weighted by molar-refractivity contribution is 5.79. The summed E-state index contributed by atoms with van der Waals surface area (Å²) in [6.07, 6.45) is 11.9. The number of hydrogen-bond donors (Lipinski definition) is 2. The van der Waals surface area contributed by atoms with Crippen molar-refractivity contribution in [3.63, 3.8) is 0 Å². The molecule has 0 aliphatic heterocycles. The van der Waals surface area contributed by atoms with Gasteiger partial charge in [-0.3, -0.25) is 9.59 Å². The molecular weight excluding hydrogens is 448 g/mol. The zero-order valence-corrected chi connectivity index (χ0v) is 23.8. The van der Waals surface area contributed by atoms with Gasteiger partial charge in [0.15, 0.2) is 0 Å². The fourth-order valence-corrected chi connectivity index (χ4v) is 9.57. The molecule has 4 aliphatic rings. The summed E-state index contributed by atoms with van der Waals surface area (Å²) >= 11 is 0. The number of Topliss-reactive ketones (excluding diaryl/α,β-unsaturated/α-hetero) is 1. The summed E-state index contributed by atoms with van der Waals surface area (Å²) in [6, 6.07) is 0. The lowest BCUT2D eigenvalue weighted by atomic mass is 9.42. The van der Waals surface area contributed by atoms with Gasteiger partial charge in [-0.05, 0) is 99.0 Å². The highest BCUT2D eigenvalue weighted by atomic mass is 16.4. The van der Waals surface area contributed by atoms with Gasteiger partial charge in [0.25, 0.3) is 0 Å². The quantitative estimate of drug-likeness (QED) is 0.383. The predicted octanol–water partition coefficient (Wildman–Crippen LogP) is 7.13. The lowest BCUT2D eigenvalue weighted by Gasteiger charge is -2.61. The Hall–Kier alpha value is -1.68. The smallest absolute Gasteiger partial charge is 0.306 e. The molecule has 2 saturated carbocycles. The van der Waals surface area contributed by atoms with Crippen molar-refractivity contribution < 1.29 is 19.8 Å². The van der Waals surface area contributed by atoms with E-state index < -0.39 is 18.0 Å². The highest BCUT2D eigenvalue weighted by Gasteiger charge is 2.66. The topological polar surface area (TPSA) is 74.6 Å². The molecule has 0 aromatic carbocycles. The summed E-state index contributed by atoms with van der Waals surface area (Å²) in [7, 11) is 0. The van der Waals surface area contributed by atoms with Crippen LogP contribution < -0.4 is 0 Å². The Morgan fingerprint density at radius 1 is 1.08 bits per heavy atom. The van der Waals surface area contributed by atoms with Gasteiger partial charge < -0.3 is 10.2 Å². The molecule has 0 unspecified atom stereocenters. The zero-order chi connectivity index (χ0) is 26.8. The average Bonchev–Trinajstić information content (AvgIpc) is 2.95. The molecule has 0 amide bonds. The van der Waals surface area contributed by atoms with Crippen molar-refractivity contribution >= 4 is 11.8 Å². The Morgan fingerprint density at radius 3 is 2.33 bits per heavy atom. The van der Waals surface area contributed by atoms with Crippen LogP contribution >= 0.6 is 0 Å². The number of allylic oxidation sites excluding steroid dienone is 6. The predicted molar refractivity (Wildman–Crippen MR) is 144 cm³/mol. The minimum absolute atomic E-state index is 0.00254. The molecule has 4 aliphatic carbocycles. The fourth-order valence-electron chi connectivity index (χ4n) is 9.57. The number of aliphatic hydroxyl groups excluding tert-OH is 1. The van der Waals surface area contributed by atoms with E-state index in [-0.39, 0.29) is 33.5 Å². The van der Waals surface area contributed by atoms with Gasteiger partial charge in [0.1, 0.15) is 5.78 Å². The molecule has 200 valence electrons. The van der Waals surface area contributed by atoms with Gasteiger partial charge in [0.05, 0.1) is 12.0 Å². The standard InChI is InChI=1S/C32H48O4/c1-19(2)10-9-11-21(28(35)36)27-25(34)18-32(8)24-12-13-26-29(4,5)22(20(3)33)14-16-30(26,6)23(24)15-17-31(27,32)7/h10,12,15,21-22,25-27,34H,9,11,13-14,16-18H2,1-8H3,(H,35,36)/t21-,22-,25-,26+,27+,30-,31-,32+/m1/s1. The Morgan fingerprint density at radius 2 is 1.75 bits per heavy atom. The molecule has 2 fully saturated rings. The molecule has 4 heteroatoms. The van der Waals surface area contributed by atoms with Gasteiger partial charge in [-0.25, -0.2) is 0 Å². The van der Waals surface area contributed by atoms with Gasteiger partial charge in [-0.2, -0.15) is 0 Å². The van der Waals surface area contributed by atoms with Crippen molar-refractivity contribution in [3.8, 4) is 0 Å². The molecular formula is C32H48O4. The van der Waals surface area contributed by atoms with Crippen molar-refractivity contribution in [3.05, 3.63) is 34.9 Å². The van der Waals surface area contributed by atoms with E-state index in [1.165, 1.54) is 16.7 Å². The molecule has 0 aromatic rings. The zero-order valence-electron chi connectivity index (χ0n) is 23.8. The number of carboxylic acid groups (broad SMARTS) is 1. The van der Waals surface area contributed by atoms with Crippen LogP contribution in [-0.2, 0) is 9.59 Å². The van der Waals surface area contributed by atoms with Crippen LogP contribution in [0.2, 0.25) is 0 Å². The second-order valence-corrected chi connectivity index (χ2v) is 14.0. The number of aliphatic carboxylic acids is 1. The van der Waals surface area contributed by atoms with Gasteiger partial charge >= 0.3 is 5.97 Å². The van der Waals surface area contributed by atoms with Crippen LogP contribution in [0.4, 0.5) is 0 Å². The molecule has 0 spiro atoms. The second kappa shape index (κ2) is 8.96. The first-order valence-electron chi connectivity index (χ1n) is 14.1. The number of aliphatic hydroxyl groups is 1. The molecule has 2 N–H and O–H groups in total. The molecule has 36 heavy (non-hydrogen) atoms. The second-order valence-electron chi connectivity index (χ2n) is 14.0. The monoisotopic (exact) mass is 496 g/mol. The normalized spacial score (nSPS) is 41.7. The molecule has 0 saturated heterocycles. The van der Waals surface area contributed by atoms with Crippen LogP contribution in [0, 0.1) is 45.3 Å². The van der Waals surface area contributed by atoms with E-state index in [4.69, 9.17) is 0 Å². The lowest BCUT2D eigenvalue weighted by Crippen LogP contribution is -2.54. The number of ketones is 1. The van der Waals surface area contributed by atoms with E-state index in [0.29, 0.717) is 24.5 Å². The summed E-state index contributed by atoms with van der Waals surface area (Å²) in [5, 5.41) is 21.7. The Labute approximate surface area is 218 Å². The number of carbonyl (C=O) groups excluding carboxylic acids is 1. The van der Waals surface area contributed by atoms with Crippen molar-refractivity contribution in [1.82, 2.24) is 0 Å². The van der Waals surface area contributed by atoms with Crippen LogP contribution in [0.15, 0.2) is 34.9 Å². The maximum absolute atomic E-state index is 12.5. The third kappa shape index (κ3) is 3.80. The Balaban J connectivity index is 1.74. The first kappa shape index (κ1) is 27.4. The summed E-state index contributed by atoms with van der Waals surface area (Å²) in [5.74, 6) is -0.813. The van der Waals surface area contributed by atoms with E-state index in [1.807, 2.05) is 13.8 Å². The maximum Gasteiger partial charge on any atom is 0.306 e. The van der Waals surface area contributed by atoms with E-state index in [1.54, 1.807) is 6.92 Å². The Bertz CT molecular complexity index is 1030. The first-order chi connectivity index (χ1) is 16.6. The van der Waals surface area contributed by atoms with Crippen LogP contribution in [0.3, 0.4) is 0 Å². The SMILES string of the molecule is CC(=O)[C@H]1CC[C@]2(C)C3=CC[C@]4(C)[C@@H]([C@@H](CCC=C(C)C)C(=O)O)[C@H](O)C[C@@]4(C)C3=CC[C@H]2C1(C)C. The largest absolute Gasteiger partial charge is 0.481 e. The van der Waals surface area contributed by atoms with Crippen LogP contribution in [0.1, 0.15) is 100 Å². The van der Waals surface area contributed by atoms with Gasteiger partial charge in [0, 0.05) is 17.3 Å². The molecule has 8 atom stereocenters. The molecule has 0 heterocycles. The summed E-state index contributed by atoms with van der Waals surface area (Å²) in [6.45, 7) is 17.3. The van der Waals surface area contributed by atoms with E-state index in [2.05, 4.69) is 52.8 Å². The summed E-state index contributed by atoms with van der Waals surface area (Å²) in [5.41, 5.74) is 3.32. The minimum Gasteiger partial charge on any atom is -0.481 e. The third-order valence-electron chi connectivity index (χ3n) is 11.6. The van der Waals surface area contributed by atoms with E-state index in [9.17, 15) is 19.8 Å². The molecule has 4 nitrogen and oxygen atoms in total. The fraction of sp³-hybridized carbons (Fsp3) is 0.750. The lowest BCUT2D eigenvalue weighted by molar-refractivity contribution is -0.148. The third-order valence-corrected chi connectivity index (χ3v) is 11.6. The van der Waals surface area contributed by atoms with Gasteiger partial charge in [-0.15, -0.1) is 0 Å². The maximum atomic E-state index is 12.5. The van der Waals surface area contributed by atoms with E-state index in [0.717, 1.165) is 32.1 Å². The van der Waals surface area contributed by atoms with Crippen LogP contribution in [-0.4, -0.2) is 28.1 Å². The summed E-state index contributed by atoms with van der Waals surface area (Å²) < 4.78 is 0. The number of rotatable bonds is 6. The van der Waals surface area contributed by atoms with Gasteiger partial charge in [-0.1, -0.05) is 58.4 Å². The molecule has 0 radical (unpaired) electrons. The number of fused-ring (bicyclic) bond motifs is 5. The van der Waals surface area contributed by atoms with Crippen molar-refractivity contribution in [2.45, 2.75) is 106 Å². The summed E-state index contributed by atoms with van der Waals surface area (Å²) in [4.78, 5) is 25.0. The van der Waals surface area contributed by atoms with Crippen molar-refractivity contribution in [2.24, 2.45) is 45.3 Å². The highest BCUT2D eigenvalue weighted by Crippen LogP contribution is 2.72. The number of hydrogen-bond acceptors (Lipinski definition) is 3. The number of carboxylic acids is 1.